The topological polar surface area (TPSA) is 61.8 Å². The lowest BCUT2D eigenvalue weighted by molar-refractivity contribution is -0.137. The summed E-state index contributed by atoms with van der Waals surface area (Å²) in [5.41, 5.74) is -3.73. The maximum atomic E-state index is 13.7. The van der Waals surface area contributed by atoms with Gasteiger partial charge in [-0.05, 0) is 58.1 Å². The van der Waals surface area contributed by atoms with E-state index in [9.17, 15) is 19.3 Å². The lowest BCUT2D eigenvalue weighted by Gasteiger charge is -2.52. The number of nitrogens with zero attached hydrogens (tertiary/aromatic N) is 5. The molecule has 2 saturated heterocycles. The molecule has 0 aliphatic carbocycles. The maximum Gasteiger partial charge on any atom is 0.416 e. The Labute approximate surface area is 239 Å². The highest BCUT2D eigenvalue weighted by atomic mass is 19.4. The normalized spacial score (nSPS) is 28.8. The molecule has 0 N–H and O–H groups in total. The summed E-state index contributed by atoms with van der Waals surface area (Å²) in [6, 6.07) is 0.0375. The second-order valence-corrected chi connectivity index (χ2v) is 9.85. The summed E-state index contributed by atoms with van der Waals surface area (Å²) in [5, 5.41) is 0. The first-order valence-corrected chi connectivity index (χ1v) is 12.2. The van der Waals surface area contributed by atoms with Gasteiger partial charge in [0, 0.05) is 59.6 Å². The quantitative estimate of drug-likeness (QED) is 0.533. The Hall–Kier alpha value is -2.56. The van der Waals surface area contributed by atoms with Gasteiger partial charge in [-0.25, -0.2) is 9.97 Å². The average Bonchev–Trinajstić information content (AvgIpc) is 2.98. The lowest BCUT2D eigenvalue weighted by atomic mass is 9.86. The lowest BCUT2D eigenvalue weighted by Crippen LogP contribution is -2.62. The molecule has 1 aromatic heterocycles. The van der Waals surface area contributed by atoms with Crippen molar-refractivity contribution in [3.05, 3.63) is 58.7 Å². The van der Waals surface area contributed by atoms with Gasteiger partial charge in [-0.2, -0.15) is 13.2 Å². The number of carbonyl (C=O) groups excluding carboxylic acids is 1. The van der Waals surface area contributed by atoms with Crippen LogP contribution >= 0.6 is 0 Å². The van der Waals surface area contributed by atoms with Crippen molar-refractivity contribution in [3.63, 3.8) is 0 Å². The molecule has 2 aromatic rings. The van der Waals surface area contributed by atoms with Gasteiger partial charge >= 0.3 is 6.18 Å². The van der Waals surface area contributed by atoms with Crippen LogP contribution in [-0.2, 0) is 10.9 Å². The van der Waals surface area contributed by atoms with Gasteiger partial charge in [-0.1, -0.05) is 12.1 Å². The minimum atomic E-state index is -4.70. The summed E-state index contributed by atoms with van der Waals surface area (Å²) in [7, 11) is -3.27. The number of hydrogen-bond donors (Lipinski definition) is 0. The molecule has 2 fully saturated rings. The molecule has 1 amide bonds. The SMILES string of the molecule is [2H]C([2H])([2H])OC([2H])([2H])[C@@]([2H])(c1ccc(C(F)(F)F)cc1)N1CCN(C2(C)CCN(C(=O)c3c(C([2H])([2H])[2H])ncnc3C([2H])([2H])[2H])CC2)C[C@@H]1C. The van der Waals surface area contributed by atoms with Gasteiger partial charge < -0.3 is 9.64 Å². The molecule has 38 heavy (non-hydrogen) atoms. The van der Waals surface area contributed by atoms with E-state index in [0.717, 1.165) is 18.5 Å². The van der Waals surface area contributed by atoms with Gasteiger partial charge in [0.25, 0.3) is 5.91 Å². The first-order valence-electron chi connectivity index (χ1n) is 18.2. The van der Waals surface area contributed by atoms with E-state index in [1.165, 1.54) is 9.80 Å². The molecular weight excluding hydrogens is 495 g/mol. The van der Waals surface area contributed by atoms with Crippen LogP contribution in [0.15, 0.2) is 30.6 Å². The molecule has 0 spiro atoms. The molecule has 3 heterocycles. The second-order valence-electron chi connectivity index (χ2n) is 9.85. The van der Waals surface area contributed by atoms with Crippen LogP contribution in [0.3, 0.4) is 0 Å². The van der Waals surface area contributed by atoms with Gasteiger partial charge in [0.15, 0.2) is 0 Å². The highest BCUT2D eigenvalue weighted by Crippen LogP contribution is 2.35. The van der Waals surface area contributed by atoms with Crippen LogP contribution in [-0.4, -0.2) is 88.5 Å². The molecule has 0 radical (unpaired) electrons. The molecule has 0 unspecified atom stereocenters. The van der Waals surface area contributed by atoms with Crippen molar-refractivity contribution in [1.82, 2.24) is 24.7 Å². The van der Waals surface area contributed by atoms with Gasteiger partial charge in [0.05, 0.1) is 43.3 Å². The van der Waals surface area contributed by atoms with Crippen molar-refractivity contribution in [3.8, 4) is 0 Å². The number of amides is 1. The van der Waals surface area contributed by atoms with Crippen molar-refractivity contribution >= 4 is 5.91 Å². The molecule has 4 rings (SSSR count). The Morgan fingerprint density at radius 1 is 1.18 bits per heavy atom. The molecule has 2 aliphatic rings. The number of ether oxygens (including phenoxy) is 1. The molecule has 1 aromatic carbocycles. The van der Waals surface area contributed by atoms with E-state index in [0.29, 0.717) is 25.0 Å². The number of alkyl halides is 3. The van der Waals surface area contributed by atoms with Crippen molar-refractivity contribution < 1.29 is 39.2 Å². The number of piperidine rings is 1. The van der Waals surface area contributed by atoms with E-state index in [2.05, 4.69) is 14.9 Å². The van der Waals surface area contributed by atoms with E-state index in [1.54, 1.807) is 6.92 Å². The summed E-state index contributed by atoms with van der Waals surface area (Å²) in [6.45, 7) is -4.72. The Balaban J connectivity index is 1.57. The van der Waals surface area contributed by atoms with Crippen molar-refractivity contribution in [2.24, 2.45) is 0 Å². The standard InChI is InChI=1S/C28H38F3N5O2/c1-19-16-35(14-15-36(19)24(17-38-5)22-6-8-23(9-7-22)28(29,30)31)27(4)10-12-34(13-11-27)26(37)25-20(2)32-18-33-21(25)3/h6-9,18-19,24H,10-17H2,1-5H3/t19-,24-/m0/s1/i2D3,3D3,5D3,17D2,24D. The Kier molecular flexibility index (Phi) is 4.90. The van der Waals surface area contributed by atoms with Crippen molar-refractivity contribution in [1.29, 1.82) is 0 Å². The molecule has 0 saturated carbocycles. The third-order valence-corrected chi connectivity index (χ3v) is 7.50. The monoisotopic (exact) mass is 545 g/mol. The minimum absolute atomic E-state index is 0.0148. The fourth-order valence-electron chi connectivity index (χ4n) is 5.18. The third kappa shape index (κ3) is 5.87. The van der Waals surface area contributed by atoms with Crippen molar-refractivity contribution in [2.45, 2.75) is 64.2 Å². The number of aromatic nitrogens is 2. The van der Waals surface area contributed by atoms with Gasteiger partial charge in [0.1, 0.15) is 6.33 Å². The summed E-state index contributed by atoms with van der Waals surface area (Å²) >= 11 is 0. The largest absolute Gasteiger partial charge is 0.416 e. The molecular formula is C28H38F3N5O2. The molecule has 7 nitrogen and oxygen atoms in total. The number of likely N-dealkylation sites (tertiary alicyclic amines) is 1. The molecule has 208 valence electrons. The first kappa shape index (κ1) is 16.5. The summed E-state index contributed by atoms with van der Waals surface area (Å²) < 4.78 is 141. The number of benzene rings is 1. The van der Waals surface area contributed by atoms with E-state index in [1.807, 2.05) is 6.92 Å². The van der Waals surface area contributed by atoms with Crippen LogP contribution < -0.4 is 0 Å². The molecule has 2 atom stereocenters. The minimum Gasteiger partial charge on any atom is -0.383 e. The van der Waals surface area contributed by atoms with Gasteiger partial charge in [-0.3, -0.25) is 14.6 Å². The summed E-state index contributed by atoms with van der Waals surface area (Å²) in [6.07, 6.45) is -3.17. The predicted octanol–water partition coefficient (Wildman–Crippen LogP) is 4.50. The van der Waals surface area contributed by atoms with E-state index in [4.69, 9.17) is 19.8 Å². The number of halogens is 3. The number of carbonyl (C=O) groups is 1. The van der Waals surface area contributed by atoms with E-state index >= 15 is 0 Å². The number of methoxy groups -OCH3 is 1. The van der Waals surface area contributed by atoms with E-state index in [-0.39, 0.29) is 38.3 Å². The second kappa shape index (κ2) is 11.3. The zero-order valence-corrected chi connectivity index (χ0v) is 21.1. The highest BCUT2D eigenvalue weighted by Gasteiger charge is 2.41. The fraction of sp³-hybridized carbons (Fsp3) is 0.607. The zero-order chi connectivity index (χ0) is 37.9. The number of rotatable bonds is 6. The highest BCUT2D eigenvalue weighted by molar-refractivity contribution is 5.96. The molecule has 0 bridgehead atoms. The van der Waals surface area contributed by atoms with Crippen LogP contribution in [0.5, 0.6) is 0 Å². The van der Waals surface area contributed by atoms with Gasteiger partial charge in [0.2, 0.25) is 0 Å². The van der Waals surface area contributed by atoms with Crippen LogP contribution in [0.2, 0.25) is 0 Å². The number of piperazine rings is 1. The first-order chi connectivity index (χ1) is 22.6. The van der Waals surface area contributed by atoms with E-state index < -0.39 is 79.5 Å². The summed E-state index contributed by atoms with van der Waals surface area (Å²) in [4.78, 5) is 25.9. The van der Waals surface area contributed by atoms with Crippen LogP contribution in [0.1, 0.15) is 82.0 Å². The third-order valence-electron chi connectivity index (χ3n) is 7.50. The Bertz CT molecular complexity index is 1510. The van der Waals surface area contributed by atoms with Crippen LogP contribution in [0.25, 0.3) is 0 Å². The number of hydrogen-bond acceptors (Lipinski definition) is 6. The predicted molar refractivity (Wildman–Crippen MR) is 139 cm³/mol. The van der Waals surface area contributed by atoms with Gasteiger partial charge in [-0.15, -0.1) is 0 Å². The summed E-state index contributed by atoms with van der Waals surface area (Å²) in [5.74, 6) is -0.824. The molecule has 2 aliphatic heterocycles. The van der Waals surface area contributed by atoms with Crippen LogP contribution in [0.4, 0.5) is 13.2 Å². The Morgan fingerprint density at radius 2 is 1.84 bits per heavy atom. The zero-order valence-electron chi connectivity index (χ0n) is 33.1. The average molecular weight is 546 g/mol. The molecule has 10 heteroatoms. The number of aryl methyl sites for hydroxylation is 2. The maximum absolute atomic E-state index is 13.7. The fourth-order valence-corrected chi connectivity index (χ4v) is 5.18. The smallest absolute Gasteiger partial charge is 0.383 e. The van der Waals surface area contributed by atoms with Crippen molar-refractivity contribution in [2.75, 3.05) is 46.3 Å². The van der Waals surface area contributed by atoms with Crippen LogP contribution in [0, 0.1) is 13.7 Å². The Morgan fingerprint density at radius 3 is 2.39 bits per heavy atom.